The van der Waals surface area contributed by atoms with E-state index in [-0.39, 0.29) is 23.0 Å². The summed E-state index contributed by atoms with van der Waals surface area (Å²) in [6.07, 6.45) is 5.96. The number of halogens is 1. The molecule has 3 rings (SSSR count). The quantitative estimate of drug-likeness (QED) is 0.666. The van der Waals surface area contributed by atoms with E-state index in [0.29, 0.717) is 12.2 Å². The Labute approximate surface area is 118 Å². The fourth-order valence-electron chi connectivity index (χ4n) is 3.54. The van der Waals surface area contributed by atoms with Crippen LogP contribution in [0.15, 0.2) is 18.2 Å². The second-order valence-electron chi connectivity index (χ2n) is 6.03. The van der Waals surface area contributed by atoms with Crippen molar-refractivity contribution in [2.75, 3.05) is 12.3 Å². The van der Waals surface area contributed by atoms with Gasteiger partial charge >= 0.3 is 0 Å². The molecule has 3 nitrogen and oxygen atoms in total. The fourth-order valence-corrected chi connectivity index (χ4v) is 3.54. The molecule has 4 heteroatoms. The minimum Gasteiger partial charge on any atom is -0.396 e. The van der Waals surface area contributed by atoms with E-state index < -0.39 is 5.82 Å². The molecular formula is C16H20FNO2. The number of carbonyl (C=O) groups is 1. The molecule has 1 aromatic rings. The molecule has 2 fully saturated rings. The molecule has 1 unspecified atom stereocenters. The van der Waals surface area contributed by atoms with Gasteiger partial charge in [-0.1, -0.05) is 12.8 Å². The maximum absolute atomic E-state index is 13.5. The average molecular weight is 277 g/mol. The standard InChI is InChI=1S/C16H20FNO2/c17-13-9-11(3-4-14(13)18)15(19)12-5-8-20-16(10-12)6-1-2-7-16/h3-4,9,12H,1-2,5-8,10,18H2. The van der Waals surface area contributed by atoms with E-state index in [2.05, 4.69) is 0 Å². The Bertz CT molecular complexity index is 523. The molecule has 1 saturated heterocycles. The largest absolute Gasteiger partial charge is 0.396 e. The molecule has 1 atom stereocenters. The molecule has 0 aromatic heterocycles. The van der Waals surface area contributed by atoms with Gasteiger partial charge in [0, 0.05) is 18.1 Å². The summed E-state index contributed by atoms with van der Waals surface area (Å²) in [5.41, 5.74) is 5.87. The topological polar surface area (TPSA) is 52.3 Å². The number of ketones is 1. The molecule has 1 aromatic carbocycles. The highest BCUT2D eigenvalue weighted by Crippen LogP contribution is 2.42. The number of hydrogen-bond donors (Lipinski definition) is 1. The highest BCUT2D eigenvalue weighted by Gasteiger charge is 2.42. The van der Waals surface area contributed by atoms with Crippen LogP contribution in [0.3, 0.4) is 0 Å². The second kappa shape index (κ2) is 5.17. The number of hydrogen-bond acceptors (Lipinski definition) is 3. The molecule has 20 heavy (non-hydrogen) atoms. The molecule has 2 N–H and O–H groups in total. The Kier molecular flexibility index (Phi) is 3.50. The van der Waals surface area contributed by atoms with Crippen LogP contribution >= 0.6 is 0 Å². The summed E-state index contributed by atoms with van der Waals surface area (Å²) in [6.45, 7) is 0.633. The number of anilines is 1. The molecule has 1 heterocycles. The zero-order valence-electron chi connectivity index (χ0n) is 11.5. The van der Waals surface area contributed by atoms with Crippen molar-refractivity contribution in [3.8, 4) is 0 Å². The highest BCUT2D eigenvalue weighted by molar-refractivity contribution is 5.98. The Morgan fingerprint density at radius 3 is 2.80 bits per heavy atom. The molecule has 0 bridgehead atoms. The van der Waals surface area contributed by atoms with E-state index >= 15 is 0 Å². The van der Waals surface area contributed by atoms with Gasteiger partial charge < -0.3 is 10.5 Å². The van der Waals surface area contributed by atoms with Gasteiger partial charge in [-0.25, -0.2) is 4.39 Å². The molecule has 1 aliphatic heterocycles. The van der Waals surface area contributed by atoms with Crippen LogP contribution in [-0.2, 0) is 4.74 Å². The van der Waals surface area contributed by atoms with Gasteiger partial charge in [-0.2, -0.15) is 0 Å². The van der Waals surface area contributed by atoms with Crippen molar-refractivity contribution in [2.24, 2.45) is 5.92 Å². The Morgan fingerprint density at radius 1 is 1.35 bits per heavy atom. The third kappa shape index (κ3) is 2.44. The van der Waals surface area contributed by atoms with Crippen molar-refractivity contribution in [3.63, 3.8) is 0 Å². The lowest BCUT2D eigenvalue weighted by atomic mass is 9.80. The summed E-state index contributed by atoms with van der Waals surface area (Å²) in [5.74, 6) is -0.540. The zero-order chi connectivity index (χ0) is 14.2. The van der Waals surface area contributed by atoms with Gasteiger partial charge in [-0.3, -0.25) is 4.79 Å². The number of benzene rings is 1. The number of nitrogen functional groups attached to an aromatic ring is 1. The zero-order valence-corrected chi connectivity index (χ0v) is 11.5. The monoisotopic (exact) mass is 277 g/mol. The number of ether oxygens (including phenoxy) is 1. The normalized spacial score (nSPS) is 24.9. The first-order valence-corrected chi connectivity index (χ1v) is 7.33. The Balaban J connectivity index is 1.77. The lowest BCUT2D eigenvalue weighted by molar-refractivity contribution is -0.0866. The van der Waals surface area contributed by atoms with E-state index in [1.54, 1.807) is 6.07 Å². The third-order valence-corrected chi connectivity index (χ3v) is 4.66. The second-order valence-corrected chi connectivity index (χ2v) is 6.03. The Hall–Kier alpha value is -1.42. The van der Waals surface area contributed by atoms with Gasteiger partial charge in [0.15, 0.2) is 5.78 Å². The van der Waals surface area contributed by atoms with Crippen LogP contribution in [0.5, 0.6) is 0 Å². The summed E-state index contributed by atoms with van der Waals surface area (Å²) < 4.78 is 19.4. The minimum atomic E-state index is -0.515. The van der Waals surface area contributed by atoms with E-state index in [1.165, 1.54) is 25.0 Å². The predicted octanol–water partition coefficient (Wildman–Crippen LogP) is 3.33. The number of nitrogens with two attached hydrogens (primary N) is 1. The Morgan fingerprint density at radius 2 is 2.10 bits per heavy atom. The van der Waals surface area contributed by atoms with Crippen LogP contribution in [0.4, 0.5) is 10.1 Å². The summed E-state index contributed by atoms with van der Waals surface area (Å²) in [7, 11) is 0. The van der Waals surface area contributed by atoms with Crippen LogP contribution in [0.1, 0.15) is 48.9 Å². The van der Waals surface area contributed by atoms with Crippen LogP contribution in [0.25, 0.3) is 0 Å². The molecule has 0 amide bonds. The first-order chi connectivity index (χ1) is 9.60. The van der Waals surface area contributed by atoms with E-state index in [4.69, 9.17) is 10.5 Å². The SMILES string of the molecule is Nc1ccc(C(=O)C2CCOC3(CCCC3)C2)cc1F. The molecule has 0 radical (unpaired) electrons. The van der Waals surface area contributed by atoms with Gasteiger partial charge in [0.25, 0.3) is 0 Å². The number of rotatable bonds is 2. The van der Waals surface area contributed by atoms with Crippen LogP contribution < -0.4 is 5.73 Å². The fraction of sp³-hybridized carbons (Fsp3) is 0.562. The first kappa shape index (κ1) is 13.6. The van der Waals surface area contributed by atoms with Crippen LogP contribution in [0.2, 0.25) is 0 Å². The van der Waals surface area contributed by atoms with Crippen LogP contribution in [0, 0.1) is 11.7 Å². The maximum Gasteiger partial charge on any atom is 0.166 e. The number of Topliss-reactive ketones (excluding diaryl/α,β-unsaturated/α-hetero) is 1. The van der Waals surface area contributed by atoms with Gasteiger partial charge in [0.1, 0.15) is 5.82 Å². The van der Waals surface area contributed by atoms with Crippen molar-refractivity contribution in [3.05, 3.63) is 29.6 Å². The van der Waals surface area contributed by atoms with Crippen molar-refractivity contribution >= 4 is 11.5 Å². The molecular weight excluding hydrogens is 257 g/mol. The summed E-state index contributed by atoms with van der Waals surface area (Å²) >= 11 is 0. The van der Waals surface area contributed by atoms with Crippen molar-refractivity contribution < 1.29 is 13.9 Å². The van der Waals surface area contributed by atoms with Gasteiger partial charge in [0.05, 0.1) is 11.3 Å². The van der Waals surface area contributed by atoms with E-state index in [1.807, 2.05) is 0 Å². The molecule has 1 aliphatic carbocycles. The summed E-state index contributed by atoms with van der Waals surface area (Å²) in [5, 5.41) is 0. The molecule has 1 saturated carbocycles. The van der Waals surface area contributed by atoms with E-state index in [9.17, 15) is 9.18 Å². The average Bonchev–Trinajstić information content (AvgIpc) is 2.89. The number of carbonyl (C=O) groups excluding carboxylic acids is 1. The molecule has 1 spiro atoms. The van der Waals surface area contributed by atoms with Gasteiger partial charge in [-0.05, 0) is 43.9 Å². The van der Waals surface area contributed by atoms with E-state index in [0.717, 1.165) is 25.7 Å². The lowest BCUT2D eigenvalue weighted by Crippen LogP contribution is -2.39. The van der Waals surface area contributed by atoms with Gasteiger partial charge in [-0.15, -0.1) is 0 Å². The van der Waals surface area contributed by atoms with Crippen molar-refractivity contribution in [1.82, 2.24) is 0 Å². The maximum atomic E-state index is 13.5. The minimum absolute atomic E-state index is 0.0264. The predicted molar refractivity (Wildman–Crippen MR) is 75.0 cm³/mol. The van der Waals surface area contributed by atoms with Crippen molar-refractivity contribution in [2.45, 2.75) is 44.1 Å². The highest BCUT2D eigenvalue weighted by atomic mass is 19.1. The summed E-state index contributed by atoms with van der Waals surface area (Å²) in [6, 6.07) is 4.35. The smallest absolute Gasteiger partial charge is 0.166 e. The third-order valence-electron chi connectivity index (χ3n) is 4.66. The van der Waals surface area contributed by atoms with Gasteiger partial charge in [0.2, 0.25) is 0 Å². The summed E-state index contributed by atoms with van der Waals surface area (Å²) in [4.78, 5) is 12.5. The van der Waals surface area contributed by atoms with Crippen LogP contribution in [-0.4, -0.2) is 18.0 Å². The molecule has 108 valence electrons. The lowest BCUT2D eigenvalue weighted by Gasteiger charge is -2.37. The first-order valence-electron chi connectivity index (χ1n) is 7.33. The molecule has 2 aliphatic rings. The van der Waals surface area contributed by atoms with Crippen molar-refractivity contribution in [1.29, 1.82) is 0 Å².